The van der Waals surface area contributed by atoms with Gasteiger partial charge in [0.1, 0.15) is 5.69 Å². The maximum atomic E-state index is 13.6. The molecule has 2 aromatic carbocycles. The van der Waals surface area contributed by atoms with Crippen molar-refractivity contribution in [3.8, 4) is 0 Å². The van der Waals surface area contributed by atoms with Crippen molar-refractivity contribution in [2.24, 2.45) is 0 Å². The number of rotatable bonds is 6. The number of pyridine rings is 1. The van der Waals surface area contributed by atoms with Crippen LogP contribution in [0.2, 0.25) is 5.02 Å². The quantitative estimate of drug-likeness (QED) is 0.288. The Morgan fingerprint density at radius 3 is 2.50 bits per heavy atom. The Hall–Kier alpha value is -3.28. The Balaban J connectivity index is 1.43. The number of hydrogen-bond acceptors (Lipinski definition) is 7. The molecular weight excluding hydrogens is 600 g/mol. The number of halogens is 2. The highest BCUT2D eigenvalue weighted by molar-refractivity contribution is 9.10. The van der Waals surface area contributed by atoms with Gasteiger partial charge in [-0.3, -0.25) is 24.7 Å². The Bertz CT molecular complexity index is 1460. The van der Waals surface area contributed by atoms with Crippen LogP contribution in [-0.2, 0) is 0 Å². The van der Waals surface area contributed by atoms with Crippen molar-refractivity contribution in [1.29, 1.82) is 0 Å². The third kappa shape index (κ3) is 6.06. The Morgan fingerprint density at radius 1 is 1.05 bits per heavy atom. The summed E-state index contributed by atoms with van der Waals surface area (Å²) in [6.45, 7) is 2.55. The molecule has 5 rings (SSSR count). The maximum absolute atomic E-state index is 13.6. The highest BCUT2D eigenvalue weighted by Gasteiger charge is 2.33. The molecule has 2 atom stereocenters. The van der Waals surface area contributed by atoms with Crippen molar-refractivity contribution in [3.05, 3.63) is 73.5 Å². The van der Waals surface area contributed by atoms with Crippen LogP contribution in [-0.4, -0.2) is 76.8 Å². The standard InChI is InChI=1S/C28H30BrClN6O4/c1-34-8-10-35(11-9-34)28(38)21-13-18(29)14-25(36(39)40)26(21)32-23-4-2-3-5-24(23)33-27(37)22-16-31-15-17-12-19(30)6-7-20(17)22/h6-7,12-16,23-24,32H,2-5,8-11H2,1H3,(H,33,37)/t23-,24+/m1/s1. The number of nitrogens with one attached hydrogen (secondary N) is 2. The summed E-state index contributed by atoms with van der Waals surface area (Å²) in [5, 5.41) is 20.7. The summed E-state index contributed by atoms with van der Waals surface area (Å²) in [6.07, 6.45) is 6.37. The van der Waals surface area contributed by atoms with E-state index in [1.165, 1.54) is 12.3 Å². The van der Waals surface area contributed by atoms with Crippen molar-refractivity contribution in [3.63, 3.8) is 0 Å². The zero-order valence-electron chi connectivity index (χ0n) is 22.0. The number of aromatic nitrogens is 1. The highest BCUT2D eigenvalue weighted by atomic mass is 79.9. The number of anilines is 1. The summed E-state index contributed by atoms with van der Waals surface area (Å²) in [7, 11) is 2.00. The second-order valence-electron chi connectivity index (χ2n) is 10.4. The van der Waals surface area contributed by atoms with Gasteiger partial charge in [0.25, 0.3) is 17.5 Å². The Labute approximate surface area is 245 Å². The molecule has 12 heteroatoms. The molecule has 0 radical (unpaired) electrons. The van der Waals surface area contributed by atoms with Crippen LogP contribution in [0, 0.1) is 10.1 Å². The van der Waals surface area contributed by atoms with E-state index in [0.717, 1.165) is 36.7 Å². The SMILES string of the molecule is CN1CCN(C(=O)c2cc(Br)cc([N+](=O)[O-])c2N[C@@H]2CCCC[C@@H]2NC(=O)c2cncc3cc(Cl)ccc23)CC1. The topological polar surface area (TPSA) is 121 Å². The predicted molar refractivity (Wildman–Crippen MR) is 158 cm³/mol. The van der Waals surface area contributed by atoms with Crippen molar-refractivity contribution in [2.75, 3.05) is 38.5 Å². The first kappa shape index (κ1) is 28.3. The van der Waals surface area contributed by atoms with Crippen LogP contribution in [0.1, 0.15) is 46.4 Å². The molecule has 210 valence electrons. The number of likely N-dealkylation sites (N-methyl/N-ethyl adjacent to an activating group) is 1. The molecule has 2 fully saturated rings. The van der Waals surface area contributed by atoms with Gasteiger partial charge in [-0.1, -0.05) is 46.4 Å². The summed E-state index contributed by atoms with van der Waals surface area (Å²) in [5.74, 6) is -0.532. The van der Waals surface area contributed by atoms with Crippen LogP contribution in [0.5, 0.6) is 0 Å². The molecule has 2 heterocycles. The van der Waals surface area contributed by atoms with Crippen LogP contribution < -0.4 is 10.6 Å². The summed E-state index contributed by atoms with van der Waals surface area (Å²) >= 11 is 9.48. The van der Waals surface area contributed by atoms with Gasteiger partial charge in [0.05, 0.1) is 16.1 Å². The lowest BCUT2D eigenvalue weighted by Gasteiger charge is -2.35. The largest absolute Gasteiger partial charge is 0.374 e. The molecule has 0 unspecified atom stereocenters. The van der Waals surface area contributed by atoms with Gasteiger partial charge in [-0.25, -0.2) is 0 Å². The van der Waals surface area contributed by atoms with Gasteiger partial charge < -0.3 is 20.4 Å². The molecule has 1 aromatic heterocycles. The van der Waals surface area contributed by atoms with E-state index >= 15 is 0 Å². The second-order valence-corrected chi connectivity index (χ2v) is 11.7. The minimum absolute atomic E-state index is 0.183. The van der Waals surface area contributed by atoms with E-state index in [1.54, 1.807) is 35.4 Å². The van der Waals surface area contributed by atoms with Gasteiger partial charge in [-0.15, -0.1) is 0 Å². The molecule has 1 saturated heterocycles. The number of nitro benzene ring substituents is 1. The van der Waals surface area contributed by atoms with Crippen LogP contribution in [0.15, 0.2) is 47.2 Å². The van der Waals surface area contributed by atoms with E-state index < -0.39 is 4.92 Å². The molecule has 0 spiro atoms. The smallest absolute Gasteiger partial charge is 0.294 e. The molecule has 3 aromatic rings. The van der Waals surface area contributed by atoms with Crippen molar-refractivity contribution < 1.29 is 14.5 Å². The first-order valence-corrected chi connectivity index (χ1v) is 14.4. The number of amides is 2. The van der Waals surface area contributed by atoms with Crippen LogP contribution in [0.25, 0.3) is 10.8 Å². The van der Waals surface area contributed by atoms with E-state index in [1.807, 2.05) is 7.05 Å². The lowest BCUT2D eigenvalue weighted by molar-refractivity contribution is -0.384. The average Bonchev–Trinajstić information content (AvgIpc) is 2.94. The predicted octanol–water partition coefficient (Wildman–Crippen LogP) is 5.10. The van der Waals surface area contributed by atoms with E-state index in [-0.39, 0.29) is 40.8 Å². The number of nitrogens with zero attached hydrogens (tertiary/aromatic N) is 4. The first-order valence-electron chi connectivity index (χ1n) is 13.3. The second kappa shape index (κ2) is 12.1. The lowest BCUT2D eigenvalue weighted by atomic mass is 9.89. The fourth-order valence-corrected chi connectivity index (χ4v) is 6.10. The monoisotopic (exact) mass is 628 g/mol. The van der Waals surface area contributed by atoms with Crippen molar-refractivity contribution in [2.45, 2.75) is 37.8 Å². The van der Waals surface area contributed by atoms with Gasteiger partial charge in [-0.05, 0) is 43.5 Å². The number of carbonyl (C=O) groups excluding carboxylic acids is 2. The van der Waals surface area contributed by atoms with Crippen molar-refractivity contribution in [1.82, 2.24) is 20.1 Å². The molecule has 1 aliphatic carbocycles. The number of hydrogen-bond donors (Lipinski definition) is 2. The van der Waals surface area contributed by atoms with Crippen LogP contribution in [0.4, 0.5) is 11.4 Å². The number of fused-ring (bicyclic) bond motifs is 1. The number of nitro groups is 1. The number of benzene rings is 2. The molecule has 2 amide bonds. The molecule has 40 heavy (non-hydrogen) atoms. The van der Waals surface area contributed by atoms with Gasteiger partial charge in [0.15, 0.2) is 0 Å². The molecule has 2 N–H and O–H groups in total. The summed E-state index contributed by atoms with van der Waals surface area (Å²) in [4.78, 5) is 46.8. The third-order valence-electron chi connectivity index (χ3n) is 7.68. The normalized spacial score (nSPS) is 19.8. The van der Waals surface area contributed by atoms with E-state index in [0.29, 0.717) is 41.0 Å². The first-order chi connectivity index (χ1) is 19.2. The molecule has 2 aliphatic rings. The van der Waals surface area contributed by atoms with E-state index in [4.69, 9.17) is 11.6 Å². The summed E-state index contributed by atoms with van der Waals surface area (Å²) in [6, 6.07) is 7.72. The highest BCUT2D eigenvalue weighted by Crippen LogP contribution is 2.36. The van der Waals surface area contributed by atoms with E-state index in [9.17, 15) is 19.7 Å². The Morgan fingerprint density at radius 2 is 1.77 bits per heavy atom. The molecule has 0 bridgehead atoms. The Kier molecular flexibility index (Phi) is 8.53. The molecule has 1 aliphatic heterocycles. The van der Waals surface area contributed by atoms with Gasteiger partial charge >= 0.3 is 0 Å². The van der Waals surface area contributed by atoms with Crippen LogP contribution in [0.3, 0.4) is 0 Å². The minimum atomic E-state index is -0.475. The van der Waals surface area contributed by atoms with E-state index in [2.05, 4.69) is 36.4 Å². The zero-order valence-corrected chi connectivity index (χ0v) is 24.4. The van der Waals surface area contributed by atoms with Crippen molar-refractivity contribution >= 4 is 61.5 Å². The molecule has 10 nitrogen and oxygen atoms in total. The lowest BCUT2D eigenvalue weighted by Crippen LogP contribution is -2.49. The fourth-order valence-electron chi connectivity index (χ4n) is 5.47. The van der Waals surface area contributed by atoms with Gasteiger partial charge in [0.2, 0.25) is 0 Å². The third-order valence-corrected chi connectivity index (χ3v) is 8.37. The van der Waals surface area contributed by atoms with Gasteiger partial charge in [-0.2, -0.15) is 0 Å². The fraction of sp³-hybridized carbons (Fsp3) is 0.393. The minimum Gasteiger partial charge on any atom is -0.374 e. The average molecular weight is 630 g/mol. The summed E-state index contributed by atoms with van der Waals surface area (Å²) < 4.78 is 0.458. The zero-order chi connectivity index (χ0) is 28.4. The molecule has 1 saturated carbocycles. The number of piperazine rings is 1. The maximum Gasteiger partial charge on any atom is 0.294 e. The number of carbonyl (C=O) groups is 2. The molecular formula is C28H30BrClN6O4. The summed E-state index contributed by atoms with van der Waals surface area (Å²) in [5.41, 5.74) is 0.679. The van der Waals surface area contributed by atoms with Crippen LogP contribution >= 0.6 is 27.5 Å². The van der Waals surface area contributed by atoms with Gasteiger partial charge in [0, 0.05) is 71.6 Å².